The van der Waals surface area contributed by atoms with Gasteiger partial charge in [0.05, 0.1) is 5.41 Å². The zero-order chi connectivity index (χ0) is 17.5. The number of hydrogen-bond acceptors (Lipinski definition) is 0. The van der Waals surface area contributed by atoms with Crippen LogP contribution in [-0.2, 0) is 5.41 Å². The van der Waals surface area contributed by atoms with Gasteiger partial charge < -0.3 is 0 Å². The first-order chi connectivity index (χ1) is 11.2. The van der Waals surface area contributed by atoms with Crippen LogP contribution in [0.2, 0.25) is 0 Å². The van der Waals surface area contributed by atoms with Crippen LogP contribution in [0.3, 0.4) is 0 Å². The van der Waals surface area contributed by atoms with Crippen LogP contribution < -0.4 is 0 Å². The Morgan fingerprint density at radius 3 is 2.21 bits per heavy atom. The van der Waals surface area contributed by atoms with Gasteiger partial charge in [0, 0.05) is 31.4 Å². The van der Waals surface area contributed by atoms with E-state index in [1.165, 1.54) is 22.4 Å². The van der Waals surface area contributed by atoms with Crippen molar-refractivity contribution in [3.05, 3.63) is 65.2 Å². The maximum Gasteiger partial charge on any atom is 0.211 e. The molecule has 0 spiro atoms. The van der Waals surface area contributed by atoms with Crippen molar-refractivity contribution in [2.75, 3.05) is 0 Å². The fourth-order valence-corrected chi connectivity index (χ4v) is 4.33. The molecular weight excluding hydrogens is 290 g/mol. The van der Waals surface area contributed by atoms with E-state index in [4.69, 9.17) is 0 Å². The van der Waals surface area contributed by atoms with Gasteiger partial charge in [-0.3, -0.25) is 0 Å². The lowest BCUT2D eigenvalue weighted by Crippen LogP contribution is -2.31. The van der Waals surface area contributed by atoms with E-state index in [0.29, 0.717) is 5.92 Å². The van der Waals surface area contributed by atoms with E-state index in [2.05, 4.69) is 101 Å². The maximum atomic E-state index is 2.55. The minimum absolute atomic E-state index is 0.0707. The molecule has 0 radical (unpaired) electrons. The molecule has 1 aliphatic rings. The maximum absolute atomic E-state index is 2.55. The summed E-state index contributed by atoms with van der Waals surface area (Å²) < 4.78 is 2.55. The third-order valence-corrected chi connectivity index (χ3v) is 5.43. The van der Waals surface area contributed by atoms with Gasteiger partial charge in [-0.15, -0.1) is 0 Å². The Kier molecular flexibility index (Phi) is 4.15. The van der Waals surface area contributed by atoms with Gasteiger partial charge in [0.2, 0.25) is 5.69 Å². The van der Waals surface area contributed by atoms with Crippen molar-refractivity contribution in [1.82, 2.24) is 0 Å². The molecule has 0 saturated heterocycles. The minimum atomic E-state index is 0.0707. The van der Waals surface area contributed by atoms with E-state index in [1.807, 2.05) is 0 Å². The molecule has 2 aromatic rings. The number of hydrogen-bond donors (Lipinski definition) is 0. The summed E-state index contributed by atoms with van der Waals surface area (Å²) in [4.78, 5) is 0. The van der Waals surface area contributed by atoms with Crippen LogP contribution in [0, 0.1) is 6.92 Å². The fourth-order valence-electron chi connectivity index (χ4n) is 4.33. The number of nitrogens with zero attached hydrogens (tertiary/aromatic N) is 1. The van der Waals surface area contributed by atoms with Crippen molar-refractivity contribution in [3.8, 4) is 0 Å². The minimum Gasteiger partial charge on any atom is -0.197 e. The average molecular weight is 321 g/mol. The predicted molar refractivity (Wildman–Crippen MR) is 104 cm³/mol. The molecule has 0 aliphatic carbocycles. The first kappa shape index (κ1) is 17.0. The van der Waals surface area contributed by atoms with Gasteiger partial charge >= 0.3 is 0 Å². The molecule has 126 valence electrons. The lowest BCUT2D eigenvalue weighted by molar-refractivity contribution is -0.512. The smallest absolute Gasteiger partial charge is 0.197 e. The summed E-state index contributed by atoms with van der Waals surface area (Å²) in [6.07, 6.45) is 3.59. The molecule has 0 bridgehead atoms. The lowest BCUT2D eigenvalue weighted by atomic mass is 9.77. The summed E-state index contributed by atoms with van der Waals surface area (Å²) in [7, 11) is 0. The van der Waals surface area contributed by atoms with E-state index in [-0.39, 0.29) is 11.0 Å². The Bertz CT molecular complexity index is 768. The molecule has 1 heteroatoms. The number of benzene rings is 2. The Morgan fingerprint density at radius 1 is 0.917 bits per heavy atom. The van der Waals surface area contributed by atoms with Crippen LogP contribution in [0.25, 0.3) is 0 Å². The van der Waals surface area contributed by atoms with E-state index < -0.39 is 0 Å². The molecule has 1 nitrogen and oxygen atoms in total. The molecule has 0 saturated carbocycles. The zero-order valence-electron chi connectivity index (χ0n) is 15.9. The quantitative estimate of drug-likeness (QED) is 0.613. The molecule has 0 fully saturated rings. The third-order valence-electron chi connectivity index (χ3n) is 5.43. The van der Waals surface area contributed by atoms with Crippen LogP contribution in [-0.4, -0.2) is 16.3 Å². The SMILES string of the molecule is Cc1cccc(C(C)C)c1[N+]1=C[C@](C)(c2ccccc2)CC1(C)C. The highest BCUT2D eigenvalue weighted by Crippen LogP contribution is 2.43. The highest BCUT2D eigenvalue weighted by atomic mass is 15.1. The van der Waals surface area contributed by atoms with Gasteiger partial charge in [-0.25, -0.2) is 0 Å². The van der Waals surface area contributed by atoms with E-state index >= 15 is 0 Å². The second-order valence-electron chi connectivity index (χ2n) is 8.44. The fraction of sp³-hybridized carbons (Fsp3) is 0.435. The van der Waals surface area contributed by atoms with Gasteiger partial charge in [0.25, 0.3) is 0 Å². The Hall–Kier alpha value is -1.89. The van der Waals surface area contributed by atoms with Crippen LogP contribution >= 0.6 is 0 Å². The van der Waals surface area contributed by atoms with Crippen molar-refractivity contribution >= 4 is 11.9 Å². The molecule has 24 heavy (non-hydrogen) atoms. The second kappa shape index (κ2) is 5.88. The van der Waals surface area contributed by atoms with Crippen LogP contribution in [0.5, 0.6) is 0 Å². The van der Waals surface area contributed by atoms with E-state index in [1.54, 1.807) is 0 Å². The topological polar surface area (TPSA) is 3.01 Å². The molecule has 3 rings (SSSR count). The van der Waals surface area contributed by atoms with Crippen LogP contribution in [0.1, 0.15) is 63.6 Å². The van der Waals surface area contributed by atoms with Crippen molar-refractivity contribution < 1.29 is 4.58 Å². The molecule has 0 amide bonds. The van der Waals surface area contributed by atoms with Gasteiger partial charge in [-0.05, 0) is 25.3 Å². The monoisotopic (exact) mass is 320 g/mol. The van der Waals surface area contributed by atoms with Gasteiger partial charge in [0.1, 0.15) is 0 Å². The molecule has 0 unspecified atom stereocenters. The molecule has 1 heterocycles. The van der Waals surface area contributed by atoms with Gasteiger partial charge in [-0.2, -0.15) is 4.58 Å². The average Bonchev–Trinajstić information content (AvgIpc) is 2.78. The molecule has 2 aromatic carbocycles. The summed E-state index contributed by atoms with van der Waals surface area (Å²) in [6.45, 7) is 13.9. The Labute approximate surface area is 147 Å². The summed E-state index contributed by atoms with van der Waals surface area (Å²) in [5, 5.41) is 0. The zero-order valence-corrected chi connectivity index (χ0v) is 15.9. The number of rotatable bonds is 3. The highest BCUT2D eigenvalue weighted by molar-refractivity contribution is 5.73. The summed E-state index contributed by atoms with van der Waals surface area (Å²) in [5.74, 6) is 0.521. The first-order valence-electron chi connectivity index (χ1n) is 9.05. The number of para-hydroxylation sites is 1. The Balaban J connectivity index is 2.19. The van der Waals surface area contributed by atoms with Crippen LogP contribution in [0.4, 0.5) is 5.69 Å². The van der Waals surface area contributed by atoms with Crippen LogP contribution in [0.15, 0.2) is 48.5 Å². The summed E-state index contributed by atoms with van der Waals surface area (Å²) in [5.41, 5.74) is 5.78. The van der Waals surface area contributed by atoms with Crippen molar-refractivity contribution in [1.29, 1.82) is 0 Å². The first-order valence-corrected chi connectivity index (χ1v) is 9.05. The molecule has 0 N–H and O–H groups in total. The molecular formula is C23H30N+. The summed E-state index contributed by atoms with van der Waals surface area (Å²) >= 11 is 0. The third kappa shape index (κ3) is 2.81. The van der Waals surface area contributed by atoms with E-state index in [9.17, 15) is 0 Å². The van der Waals surface area contributed by atoms with Crippen molar-refractivity contribution in [2.24, 2.45) is 0 Å². The highest BCUT2D eigenvalue weighted by Gasteiger charge is 2.50. The molecule has 1 aliphatic heterocycles. The normalized spacial score (nSPS) is 22.7. The molecule has 1 atom stereocenters. The summed E-state index contributed by atoms with van der Waals surface area (Å²) in [6, 6.07) is 17.6. The largest absolute Gasteiger partial charge is 0.211 e. The Morgan fingerprint density at radius 2 is 1.58 bits per heavy atom. The lowest BCUT2D eigenvalue weighted by Gasteiger charge is -2.23. The van der Waals surface area contributed by atoms with Crippen molar-refractivity contribution in [3.63, 3.8) is 0 Å². The molecule has 0 aromatic heterocycles. The van der Waals surface area contributed by atoms with Gasteiger partial charge in [-0.1, -0.05) is 62.4 Å². The van der Waals surface area contributed by atoms with E-state index in [0.717, 1.165) is 6.42 Å². The van der Waals surface area contributed by atoms with Gasteiger partial charge in [0.15, 0.2) is 11.8 Å². The standard InChI is InChI=1S/C23H30N/c1-17(2)20-14-10-11-18(3)21(20)24-16-23(6,15-22(24,4)5)19-12-8-7-9-13-19/h7-14,16-17H,15H2,1-6H3/q+1/t23-/m1/s1. The predicted octanol–water partition coefficient (Wildman–Crippen LogP) is 5.97. The second-order valence-corrected chi connectivity index (χ2v) is 8.44. The number of aryl methyl sites for hydroxylation is 1. The van der Waals surface area contributed by atoms with Crippen molar-refractivity contribution in [2.45, 2.75) is 64.8 Å².